The van der Waals surface area contributed by atoms with Crippen LogP contribution < -0.4 is 4.90 Å². The minimum absolute atomic E-state index is 0.505. The highest BCUT2D eigenvalue weighted by Gasteiger charge is 2.13. The first-order valence-corrected chi connectivity index (χ1v) is 7.72. The van der Waals surface area contributed by atoms with Gasteiger partial charge in [-0.05, 0) is 24.1 Å². The summed E-state index contributed by atoms with van der Waals surface area (Å²) in [5.74, 6) is 0.505. The monoisotopic (exact) mass is 317 g/mol. The van der Waals surface area contributed by atoms with Gasteiger partial charge in [-0.2, -0.15) is 0 Å². The lowest BCUT2D eigenvalue weighted by Crippen LogP contribution is -2.25. The Bertz CT molecular complexity index is 510. The summed E-state index contributed by atoms with van der Waals surface area (Å²) in [7, 11) is 2.17. The second-order valence-corrected chi connectivity index (χ2v) is 5.58. The zero-order chi connectivity index (χ0) is 13.7. The van der Waals surface area contributed by atoms with Gasteiger partial charge in [-0.15, -0.1) is 0 Å². The molecule has 0 aromatic heterocycles. The highest BCUT2D eigenvalue weighted by atomic mass is 79.9. The first-order chi connectivity index (χ1) is 9.22. The largest absolute Gasteiger partial charge is 0.374 e. The summed E-state index contributed by atoms with van der Waals surface area (Å²) in [6.45, 7) is 3.18. The SMILES string of the molecule is Cc1ccccc1N(C)CC(CBr)c1ccccc1. The fourth-order valence-electron chi connectivity index (χ4n) is 2.39. The van der Waals surface area contributed by atoms with Crippen molar-refractivity contribution in [2.75, 3.05) is 23.8 Å². The molecule has 0 saturated carbocycles. The van der Waals surface area contributed by atoms with Crippen LogP contribution in [0.25, 0.3) is 0 Å². The van der Waals surface area contributed by atoms with Crippen molar-refractivity contribution in [3.63, 3.8) is 0 Å². The molecule has 1 unspecified atom stereocenters. The molecule has 0 amide bonds. The van der Waals surface area contributed by atoms with E-state index in [2.05, 4.69) is 89.4 Å². The van der Waals surface area contributed by atoms with E-state index in [0.29, 0.717) is 5.92 Å². The Kier molecular flexibility index (Phi) is 5.03. The normalized spacial score (nSPS) is 12.2. The molecule has 1 nitrogen and oxygen atoms in total. The Labute approximate surface area is 124 Å². The van der Waals surface area contributed by atoms with Crippen molar-refractivity contribution in [2.24, 2.45) is 0 Å². The van der Waals surface area contributed by atoms with E-state index >= 15 is 0 Å². The number of halogens is 1. The van der Waals surface area contributed by atoms with Crippen molar-refractivity contribution in [3.05, 3.63) is 65.7 Å². The highest BCUT2D eigenvalue weighted by molar-refractivity contribution is 9.09. The average molecular weight is 318 g/mol. The van der Waals surface area contributed by atoms with Gasteiger partial charge in [0.15, 0.2) is 0 Å². The number of benzene rings is 2. The van der Waals surface area contributed by atoms with Gasteiger partial charge in [-0.3, -0.25) is 0 Å². The molecule has 0 aliphatic rings. The standard InChI is InChI=1S/C17H20BrN/c1-14-8-6-7-11-17(14)19(2)13-16(12-18)15-9-4-3-5-10-15/h3-11,16H,12-13H2,1-2H3. The summed E-state index contributed by atoms with van der Waals surface area (Å²) >= 11 is 3.65. The lowest BCUT2D eigenvalue weighted by molar-refractivity contribution is 0.745. The van der Waals surface area contributed by atoms with E-state index in [-0.39, 0.29) is 0 Å². The minimum Gasteiger partial charge on any atom is -0.374 e. The van der Waals surface area contributed by atoms with Crippen LogP contribution in [-0.4, -0.2) is 18.9 Å². The number of hydrogen-bond donors (Lipinski definition) is 0. The fourth-order valence-corrected chi connectivity index (χ4v) is 2.97. The molecular formula is C17H20BrN. The number of alkyl halides is 1. The van der Waals surface area contributed by atoms with E-state index in [4.69, 9.17) is 0 Å². The molecule has 0 fully saturated rings. The molecule has 100 valence electrons. The molecule has 2 heteroatoms. The van der Waals surface area contributed by atoms with Crippen molar-refractivity contribution in [1.82, 2.24) is 0 Å². The Balaban J connectivity index is 2.13. The van der Waals surface area contributed by atoms with Gasteiger partial charge >= 0.3 is 0 Å². The van der Waals surface area contributed by atoms with E-state index < -0.39 is 0 Å². The minimum atomic E-state index is 0.505. The molecule has 0 heterocycles. The molecule has 0 saturated heterocycles. The smallest absolute Gasteiger partial charge is 0.0393 e. The van der Waals surface area contributed by atoms with E-state index in [1.54, 1.807) is 0 Å². The molecule has 2 aromatic carbocycles. The predicted molar refractivity (Wildman–Crippen MR) is 87.4 cm³/mol. The number of anilines is 1. The highest BCUT2D eigenvalue weighted by Crippen LogP contribution is 2.24. The molecular weight excluding hydrogens is 298 g/mol. The summed E-state index contributed by atoms with van der Waals surface area (Å²) in [5, 5.41) is 0.979. The summed E-state index contributed by atoms with van der Waals surface area (Å²) < 4.78 is 0. The van der Waals surface area contributed by atoms with Gasteiger partial charge in [0.05, 0.1) is 0 Å². The summed E-state index contributed by atoms with van der Waals surface area (Å²) in [4.78, 5) is 2.34. The van der Waals surface area contributed by atoms with Crippen LogP contribution in [0.4, 0.5) is 5.69 Å². The summed E-state index contributed by atoms with van der Waals surface area (Å²) in [6, 6.07) is 19.2. The van der Waals surface area contributed by atoms with Crippen LogP contribution in [0.5, 0.6) is 0 Å². The predicted octanol–water partition coefficient (Wildman–Crippen LogP) is 4.61. The van der Waals surface area contributed by atoms with Crippen LogP contribution in [0.3, 0.4) is 0 Å². The van der Waals surface area contributed by atoms with E-state index in [0.717, 1.165) is 11.9 Å². The first kappa shape index (κ1) is 14.1. The summed E-state index contributed by atoms with van der Waals surface area (Å²) in [6.07, 6.45) is 0. The van der Waals surface area contributed by atoms with Crippen molar-refractivity contribution in [2.45, 2.75) is 12.8 Å². The van der Waals surface area contributed by atoms with Gasteiger partial charge in [0.25, 0.3) is 0 Å². The van der Waals surface area contributed by atoms with Crippen LogP contribution in [0.1, 0.15) is 17.0 Å². The van der Waals surface area contributed by atoms with Crippen molar-refractivity contribution in [3.8, 4) is 0 Å². The quantitative estimate of drug-likeness (QED) is 0.728. The van der Waals surface area contributed by atoms with Crippen LogP contribution in [-0.2, 0) is 0 Å². The zero-order valence-electron chi connectivity index (χ0n) is 11.5. The third-order valence-corrected chi connectivity index (χ3v) is 4.26. The molecule has 0 radical (unpaired) electrons. The third kappa shape index (κ3) is 3.60. The Morgan fingerprint density at radius 3 is 2.26 bits per heavy atom. The van der Waals surface area contributed by atoms with Gasteiger partial charge < -0.3 is 4.90 Å². The number of para-hydroxylation sites is 1. The molecule has 0 bridgehead atoms. The maximum atomic E-state index is 3.65. The van der Waals surface area contributed by atoms with E-state index in [1.807, 2.05) is 0 Å². The molecule has 0 N–H and O–H groups in total. The maximum absolute atomic E-state index is 3.65. The van der Waals surface area contributed by atoms with Crippen molar-refractivity contribution in [1.29, 1.82) is 0 Å². The Morgan fingerprint density at radius 2 is 1.63 bits per heavy atom. The first-order valence-electron chi connectivity index (χ1n) is 6.60. The van der Waals surface area contributed by atoms with Gasteiger partial charge in [-0.1, -0.05) is 64.5 Å². The summed E-state index contributed by atoms with van der Waals surface area (Å²) in [5.41, 5.74) is 4.02. The number of rotatable bonds is 5. The van der Waals surface area contributed by atoms with Crippen LogP contribution in [0.15, 0.2) is 54.6 Å². The lowest BCUT2D eigenvalue weighted by Gasteiger charge is -2.26. The molecule has 1 atom stereocenters. The van der Waals surface area contributed by atoms with E-state index in [1.165, 1.54) is 16.8 Å². The number of hydrogen-bond acceptors (Lipinski definition) is 1. The number of likely N-dealkylation sites (N-methyl/N-ethyl adjacent to an activating group) is 1. The number of nitrogens with zero attached hydrogens (tertiary/aromatic N) is 1. The van der Waals surface area contributed by atoms with Gasteiger partial charge in [-0.25, -0.2) is 0 Å². The molecule has 19 heavy (non-hydrogen) atoms. The molecule has 0 aliphatic carbocycles. The second-order valence-electron chi connectivity index (χ2n) is 4.93. The second kappa shape index (κ2) is 6.76. The fraction of sp³-hybridized carbons (Fsp3) is 0.294. The average Bonchev–Trinajstić information content (AvgIpc) is 2.46. The number of aryl methyl sites for hydroxylation is 1. The van der Waals surface area contributed by atoms with Crippen LogP contribution >= 0.6 is 15.9 Å². The van der Waals surface area contributed by atoms with Crippen molar-refractivity contribution < 1.29 is 0 Å². The van der Waals surface area contributed by atoms with Gasteiger partial charge in [0, 0.05) is 30.5 Å². The Morgan fingerprint density at radius 1 is 1.00 bits per heavy atom. The molecule has 0 spiro atoms. The van der Waals surface area contributed by atoms with Crippen LogP contribution in [0, 0.1) is 6.92 Å². The van der Waals surface area contributed by atoms with Crippen molar-refractivity contribution >= 4 is 21.6 Å². The molecule has 2 rings (SSSR count). The molecule has 0 aliphatic heterocycles. The van der Waals surface area contributed by atoms with Gasteiger partial charge in [0.1, 0.15) is 0 Å². The Hall–Kier alpha value is -1.28. The maximum Gasteiger partial charge on any atom is 0.0393 e. The topological polar surface area (TPSA) is 3.24 Å². The lowest BCUT2D eigenvalue weighted by atomic mass is 10.0. The van der Waals surface area contributed by atoms with E-state index in [9.17, 15) is 0 Å². The zero-order valence-corrected chi connectivity index (χ0v) is 13.1. The van der Waals surface area contributed by atoms with Crippen LogP contribution in [0.2, 0.25) is 0 Å². The molecule has 2 aromatic rings. The van der Waals surface area contributed by atoms with Gasteiger partial charge in [0.2, 0.25) is 0 Å². The third-order valence-electron chi connectivity index (χ3n) is 3.48.